The molecular weight excluding hydrogens is 275 g/mol. The van der Waals surface area contributed by atoms with E-state index in [1.807, 2.05) is 0 Å². The molecule has 4 heteroatoms. The number of benzene rings is 1. The van der Waals surface area contributed by atoms with Gasteiger partial charge in [0.05, 0.1) is 16.9 Å². The Morgan fingerprint density at radius 3 is 3.00 bits per heavy atom. The van der Waals surface area contributed by atoms with Gasteiger partial charge in [0.25, 0.3) is 0 Å². The van der Waals surface area contributed by atoms with E-state index in [4.69, 9.17) is 11.6 Å². The van der Waals surface area contributed by atoms with E-state index < -0.39 is 0 Å². The molecule has 1 saturated carbocycles. The second-order valence-corrected chi connectivity index (χ2v) is 6.31. The summed E-state index contributed by atoms with van der Waals surface area (Å²) in [5.74, 6) is 2.46. The second-order valence-electron chi connectivity index (χ2n) is 6.04. The third-order valence-corrected chi connectivity index (χ3v) is 4.63. The Labute approximate surface area is 123 Å². The van der Waals surface area contributed by atoms with Crippen molar-refractivity contribution in [1.82, 2.24) is 9.55 Å². The molecule has 2 nitrogen and oxygen atoms in total. The number of aromatic nitrogens is 2. The minimum atomic E-state index is -0.211. The first-order valence-corrected chi connectivity index (χ1v) is 7.91. The number of rotatable bonds is 3. The molecule has 2 aromatic rings. The molecule has 108 valence electrons. The van der Waals surface area contributed by atoms with Crippen molar-refractivity contribution in [3.05, 3.63) is 29.8 Å². The number of hydrogen-bond acceptors (Lipinski definition) is 1. The fourth-order valence-corrected chi connectivity index (χ4v) is 3.64. The highest BCUT2D eigenvalue weighted by Gasteiger charge is 2.21. The zero-order chi connectivity index (χ0) is 14.1. The van der Waals surface area contributed by atoms with Crippen LogP contribution in [0.2, 0.25) is 0 Å². The zero-order valence-corrected chi connectivity index (χ0v) is 12.5. The van der Waals surface area contributed by atoms with Gasteiger partial charge in [-0.15, -0.1) is 11.6 Å². The van der Waals surface area contributed by atoms with E-state index >= 15 is 0 Å². The molecule has 0 bridgehead atoms. The van der Waals surface area contributed by atoms with Crippen LogP contribution in [0.4, 0.5) is 4.39 Å². The molecule has 0 saturated heterocycles. The monoisotopic (exact) mass is 294 g/mol. The van der Waals surface area contributed by atoms with E-state index in [1.165, 1.54) is 31.7 Å². The van der Waals surface area contributed by atoms with Crippen molar-refractivity contribution in [2.24, 2.45) is 11.8 Å². The second kappa shape index (κ2) is 5.72. The molecule has 2 unspecified atom stereocenters. The average molecular weight is 295 g/mol. The lowest BCUT2D eigenvalue weighted by molar-refractivity contribution is 0.257. The SMILES string of the molecule is CC1CCCC(Cn2c(CCl)nc3ccc(F)cc32)C1. The fraction of sp³-hybridized carbons (Fsp3) is 0.562. The molecule has 1 aromatic heterocycles. The highest BCUT2D eigenvalue weighted by molar-refractivity contribution is 6.16. The number of hydrogen-bond donors (Lipinski definition) is 0. The molecule has 0 amide bonds. The number of nitrogens with zero attached hydrogens (tertiary/aromatic N) is 2. The molecule has 1 aliphatic carbocycles. The van der Waals surface area contributed by atoms with Crippen LogP contribution in [0, 0.1) is 17.7 Å². The van der Waals surface area contributed by atoms with Crippen molar-refractivity contribution in [1.29, 1.82) is 0 Å². The van der Waals surface area contributed by atoms with E-state index in [0.29, 0.717) is 11.8 Å². The molecular formula is C16H20ClFN2. The van der Waals surface area contributed by atoms with Crippen LogP contribution in [0.3, 0.4) is 0 Å². The minimum absolute atomic E-state index is 0.211. The maximum atomic E-state index is 13.5. The summed E-state index contributed by atoms with van der Waals surface area (Å²) >= 11 is 6.01. The van der Waals surface area contributed by atoms with Gasteiger partial charge in [-0.2, -0.15) is 0 Å². The van der Waals surface area contributed by atoms with Crippen molar-refractivity contribution >= 4 is 22.6 Å². The van der Waals surface area contributed by atoms with E-state index in [1.54, 1.807) is 12.1 Å². The molecule has 0 N–H and O–H groups in total. The summed E-state index contributed by atoms with van der Waals surface area (Å²) < 4.78 is 15.6. The van der Waals surface area contributed by atoms with Crippen LogP contribution in [0.5, 0.6) is 0 Å². The molecule has 1 fully saturated rings. The Bertz CT molecular complexity index is 608. The van der Waals surface area contributed by atoms with Crippen molar-refractivity contribution in [2.75, 3.05) is 0 Å². The standard InChI is InChI=1S/C16H20ClFN2/c1-11-3-2-4-12(7-11)10-20-15-8-13(18)5-6-14(15)19-16(20)9-17/h5-6,8,11-12H,2-4,7,9-10H2,1H3. The summed E-state index contributed by atoms with van der Waals surface area (Å²) in [5.41, 5.74) is 1.71. The molecule has 2 atom stereocenters. The molecule has 1 aliphatic rings. The minimum Gasteiger partial charge on any atom is -0.327 e. The van der Waals surface area contributed by atoms with Crippen LogP contribution in [0.1, 0.15) is 38.4 Å². The lowest BCUT2D eigenvalue weighted by atomic mass is 9.82. The van der Waals surface area contributed by atoms with Crippen LogP contribution >= 0.6 is 11.6 Å². The average Bonchev–Trinajstić information content (AvgIpc) is 2.76. The first-order valence-electron chi connectivity index (χ1n) is 7.38. The van der Waals surface area contributed by atoms with Crippen LogP contribution in [-0.4, -0.2) is 9.55 Å². The number of halogens is 2. The highest BCUT2D eigenvalue weighted by atomic mass is 35.5. The number of alkyl halides is 1. The first kappa shape index (κ1) is 13.9. The van der Waals surface area contributed by atoms with E-state index in [-0.39, 0.29) is 5.82 Å². The smallest absolute Gasteiger partial charge is 0.125 e. The van der Waals surface area contributed by atoms with E-state index in [2.05, 4.69) is 16.5 Å². The molecule has 1 aromatic carbocycles. The van der Waals surface area contributed by atoms with Gasteiger partial charge >= 0.3 is 0 Å². The van der Waals surface area contributed by atoms with Crippen LogP contribution < -0.4 is 0 Å². The van der Waals surface area contributed by atoms with Crippen molar-refractivity contribution in [3.8, 4) is 0 Å². The van der Waals surface area contributed by atoms with Gasteiger partial charge in [-0.1, -0.05) is 19.8 Å². The Balaban J connectivity index is 1.94. The Morgan fingerprint density at radius 1 is 1.40 bits per heavy atom. The maximum absolute atomic E-state index is 13.5. The summed E-state index contributed by atoms with van der Waals surface area (Å²) in [7, 11) is 0. The van der Waals surface area contributed by atoms with Gasteiger partial charge in [0, 0.05) is 6.54 Å². The Hall–Kier alpha value is -1.09. The van der Waals surface area contributed by atoms with Gasteiger partial charge < -0.3 is 4.57 Å². The quantitative estimate of drug-likeness (QED) is 0.748. The Morgan fingerprint density at radius 2 is 2.25 bits per heavy atom. The topological polar surface area (TPSA) is 17.8 Å². The van der Waals surface area contributed by atoms with Gasteiger partial charge in [-0.25, -0.2) is 9.37 Å². The highest BCUT2D eigenvalue weighted by Crippen LogP contribution is 2.31. The van der Waals surface area contributed by atoms with Gasteiger partial charge in [-0.3, -0.25) is 0 Å². The van der Waals surface area contributed by atoms with Gasteiger partial charge in [0.1, 0.15) is 11.6 Å². The van der Waals surface area contributed by atoms with Crippen molar-refractivity contribution in [2.45, 2.75) is 45.0 Å². The third kappa shape index (κ3) is 2.69. The number of imidazole rings is 1. The van der Waals surface area contributed by atoms with Gasteiger partial charge in [-0.05, 0) is 42.9 Å². The van der Waals surface area contributed by atoms with Crippen LogP contribution in [0.15, 0.2) is 18.2 Å². The Kier molecular flexibility index (Phi) is 3.97. The van der Waals surface area contributed by atoms with Gasteiger partial charge in [0.2, 0.25) is 0 Å². The summed E-state index contributed by atoms with van der Waals surface area (Å²) in [6.45, 7) is 3.23. The summed E-state index contributed by atoms with van der Waals surface area (Å²) in [6.07, 6.45) is 5.12. The molecule has 3 rings (SSSR count). The first-order chi connectivity index (χ1) is 9.67. The normalized spacial score (nSPS) is 23.4. The summed E-state index contributed by atoms with van der Waals surface area (Å²) in [6, 6.07) is 4.77. The fourth-order valence-electron chi connectivity index (χ4n) is 3.44. The van der Waals surface area contributed by atoms with Crippen LogP contribution in [-0.2, 0) is 12.4 Å². The number of fused-ring (bicyclic) bond motifs is 1. The largest absolute Gasteiger partial charge is 0.327 e. The lowest BCUT2D eigenvalue weighted by Crippen LogP contribution is -2.19. The molecule has 0 spiro atoms. The lowest BCUT2D eigenvalue weighted by Gasteiger charge is -2.27. The molecule has 20 heavy (non-hydrogen) atoms. The predicted molar refractivity (Wildman–Crippen MR) is 80.4 cm³/mol. The van der Waals surface area contributed by atoms with Crippen molar-refractivity contribution in [3.63, 3.8) is 0 Å². The summed E-state index contributed by atoms with van der Waals surface area (Å²) in [4.78, 5) is 4.52. The summed E-state index contributed by atoms with van der Waals surface area (Å²) in [5, 5.41) is 0. The van der Waals surface area contributed by atoms with E-state index in [9.17, 15) is 4.39 Å². The van der Waals surface area contributed by atoms with Crippen molar-refractivity contribution < 1.29 is 4.39 Å². The molecule has 1 heterocycles. The maximum Gasteiger partial charge on any atom is 0.125 e. The third-order valence-electron chi connectivity index (χ3n) is 4.39. The molecule has 0 radical (unpaired) electrons. The van der Waals surface area contributed by atoms with Gasteiger partial charge in [0.15, 0.2) is 0 Å². The van der Waals surface area contributed by atoms with Crippen LogP contribution in [0.25, 0.3) is 11.0 Å². The predicted octanol–water partition coefficient (Wildman–Crippen LogP) is 4.74. The zero-order valence-electron chi connectivity index (χ0n) is 11.8. The molecule has 0 aliphatic heterocycles. The van der Waals surface area contributed by atoms with E-state index in [0.717, 1.165) is 29.3 Å².